The molecule has 0 unspecified atom stereocenters. The third-order valence-electron chi connectivity index (χ3n) is 8.18. The van der Waals surface area contributed by atoms with Crippen LogP contribution in [0, 0.1) is 5.92 Å². The van der Waals surface area contributed by atoms with E-state index in [1.165, 1.54) is 5.56 Å². The minimum Gasteiger partial charge on any atom is -0.497 e. The number of piperidine rings is 1. The van der Waals surface area contributed by atoms with Gasteiger partial charge in [0.2, 0.25) is 5.91 Å². The van der Waals surface area contributed by atoms with Gasteiger partial charge < -0.3 is 19.8 Å². The molecule has 2 aliphatic heterocycles. The topological polar surface area (TPSA) is 66.6 Å². The van der Waals surface area contributed by atoms with E-state index in [4.69, 9.17) is 21.1 Å². The standard InChI is InChI=1S/C34H36ClN3O3/c1-34(2)15-12-26-32-28(27-19-25(40-3)9-10-30(27)37-32)18-23(33(26)41-34)8-11-31(39)36-20-22-13-16-38(17-14-22)21-24-6-4-5-7-29(24)35/h4-12,15,18-19,22,37H,13-14,16-17,20-21H2,1-3H3,(H,36,39)/b11-8+. The number of aromatic amines is 1. The van der Waals surface area contributed by atoms with Crippen molar-refractivity contribution < 1.29 is 14.3 Å². The second kappa shape index (κ2) is 11.3. The average Bonchev–Trinajstić information content (AvgIpc) is 3.33. The fraction of sp³-hybridized carbons (Fsp3) is 0.324. The summed E-state index contributed by atoms with van der Waals surface area (Å²) in [6, 6.07) is 16.2. The molecule has 0 bridgehead atoms. The molecular formula is C34H36ClN3O3. The second-order valence-electron chi connectivity index (χ2n) is 11.6. The molecule has 2 aliphatic rings. The van der Waals surface area contributed by atoms with Crippen LogP contribution >= 0.6 is 11.6 Å². The summed E-state index contributed by atoms with van der Waals surface area (Å²) >= 11 is 6.35. The summed E-state index contributed by atoms with van der Waals surface area (Å²) < 4.78 is 11.9. The maximum absolute atomic E-state index is 12.9. The molecule has 7 heteroatoms. The van der Waals surface area contributed by atoms with E-state index >= 15 is 0 Å². The Morgan fingerprint density at radius 2 is 1.98 bits per heavy atom. The maximum atomic E-state index is 12.9. The van der Waals surface area contributed by atoms with Crippen LogP contribution in [0.2, 0.25) is 5.02 Å². The summed E-state index contributed by atoms with van der Waals surface area (Å²) in [5.41, 5.74) is 4.62. The minimum absolute atomic E-state index is 0.0939. The normalized spacial score (nSPS) is 17.2. The summed E-state index contributed by atoms with van der Waals surface area (Å²) in [4.78, 5) is 18.9. The van der Waals surface area contributed by atoms with Crippen molar-refractivity contribution in [1.82, 2.24) is 15.2 Å². The third-order valence-corrected chi connectivity index (χ3v) is 8.55. The van der Waals surface area contributed by atoms with E-state index in [0.29, 0.717) is 12.5 Å². The zero-order chi connectivity index (χ0) is 28.6. The van der Waals surface area contributed by atoms with Gasteiger partial charge in [-0.1, -0.05) is 29.8 Å². The average molecular weight is 570 g/mol. The maximum Gasteiger partial charge on any atom is 0.244 e. The smallest absolute Gasteiger partial charge is 0.244 e. The molecule has 3 heterocycles. The highest BCUT2D eigenvalue weighted by atomic mass is 35.5. The van der Waals surface area contributed by atoms with Gasteiger partial charge in [0.05, 0.1) is 12.6 Å². The molecule has 0 spiro atoms. The number of halogens is 1. The van der Waals surface area contributed by atoms with Crippen molar-refractivity contribution >= 4 is 51.5 Å². The number of nitrogens with one attached hydrogen (secondary N) is 2. The van der Waals surface area contributed by atoms with E-state index in [2.05, 4.69) is 39.5 Å². The Bertz CT molecular complexity index is 1660. The highest BCUT2D eigenvalue weighted by Crippen LogP contribution is 2.42. The number of methoxy groups -OCH3 is 1. The quantitative estimate of drug-likeness (QED) is 0.231. The first-order valence-corrected chi connectivity index (χ1v) is 14.6. The molecular weight excluding hydrogens is 534 g/mol. The van der Waals surface area contributed by atoms with Crippen LogP contribution in [0.4, 0.5) is 0 Å². The molecule has 212 valence electrons. The molecule has 0 aliphatic carbocycles. The number of carbonyl (C=O) groups is 1. The van der Waals surface area contributed by atoms with Crippen molar-refractivity contribution in [2.75, 3.05) is 26.7 Å². The van der Waals surface area contributed by atoms with E-state index in [9.17, 15) is 4.79 Å². The number of fused-ring (bicyclic) bond motifs is 5. The molecule has 0 radical (unpaired) electrons. The Hall–Kier alpha value is -3.74. The number of hydrogen-bond acceptors (Lipinski definition) is 4. The lowest BCUT2D eigenvalue weighted by Gasteiger charge is -2.32. The molecule has 41 heavy (non-hydrogen) atoms. The molecule has 6 rings (SSSR count). The minimum atomic E-state index is -0.443. The zero-order valence-corrected chi connectivity index (χ0v) is 24.6. The Morgan fingerprint density at radius 3 is 2.76 bits per heavy atom. The highest BCUT2D eigenvalue weighted by molar-refractivity contribution is 6.31. The molecule has 0 saturated carbocycles. The van der Waals surface area contributed by atoms with Gasteiger partial charge in [0.1, 0.15) is 17.1 Å². The van der Waals surface area contributed by atoms with Gasteiger partial charge in [0.15, 0.2) is 0 Å². The fourth-order valence-corrected chi connectivity index (χ4v) is 6.03. The number of aromatic nitrogens is 1. The Kier molecular flexibility index (Phi) is 7.54. The Balaban J connectivity index is 1.15. The summed E-state index contributed by atoms with van der Waals surface area (Å²) in [6.45, 7) is 7.62. The summed E-state index contributed by atoms with van der Waals surface area (Å²) in [5, 5.41) is 6.08. The molecule has 4 aromatic rings. The van der Waals surface area contributed by atoms with Crippen molar-refractivity contribution in [3.8, 4) is 11.5 Å². The van der Waals surface area contributed by atoms with Crippen LogP contribution in [0.5, 0.6) is 11.5 Å². The number of carbonyl (C=O) groups excluding carboxylic acids is 1. The number of ether oxygens (including phenoxy) is 2. The van der Waals surface area contributed by atoms with Crippen molar-refractivity contribution in [1.29, 1.82) is 0 Å². The van der Waals surface area contributed by atoms with Gasteiger partial charge in [-0.05, 0) is 99.8 Å². The number of nitrogens with zero attached hydrogens (tertiary/aromatic N) is 1. The van der Waals surface area contributed by atoms with Crippen molar-refractivity contribution in [2.45, 2.75) is 38.8 Å². The predicted octanol–water partition coefficient (Wildman–Crippen LogP) is 7.21. The van der Waals surface area contributed by atoms with Crippen LogP contribution in [0.25, 0.3) is 34.0 Å². The van der Waals surface area contributed by atoms with Crippen LogP contribution in [-0.4, -0.2) is 48.1 Å². The first kappa shape index (κ1) is 27.4. The van der Waals surface area contributed by atoms with Gasteiger partial charge in [0.25, 0.3) is 0 Å². The number of rotatable bonds is 7. The summed E-state index contributed by atoms with van der Waals surface area (Å²) in [7, 11) is 1.67. The van der Waals surface area contributed by atoms with Crippen LogP contribution in [0.1, 0.15) is 43.4 Å². The third kappa shape index (κ3) is 5.85. The number of H-pyrrole nitrogens is 1. The van der Waals surface area contributed by atoms with Gasteiger partial charge in [0, 0.05) is 51.6 Å². The molecule has 1 fully saturated rings. The van der Waals surface area contributed by atoms with Crippen molar-refractivity contribution in [3.05, 3.63) is 82.4 Å². The first-order chi connectivity index (χ1) is 19.8. The van der Waals surface area contributed by atoms with Gasteiger partial charge in [-0.3, -0.25) is 9.69 Å². The van der Waals surface area contributed by atoms with E-state index in [1.54, 1.807) is 13.2 Å². The van der Waals surface area contributed by atoms with Crippen LogP contribution in [-0.2, 0) is 11.3 Å². The summed E-state index contributed by atoms with van der Waals surface area (Å²) in [5.74, 6) is 1.95. The second-order valence-corrected chi connectivity index (χ2v) is 12.0. The van der Waals surface area contributed by atoms with Crippen molar-refractivity contribution in [3.63, 3.8) is 0 Å². The van der Waals surface area contributed by atoms with E-state index < -0.39 is 5.60 Å². The lowest BCUT2D eigenvalue weighted by atomic mass is 9.96. The lowest BCUT2D eigenvalue weighted by molar-refractivity contribution is -0.116. The van der Waals surface area contributed by atoms with Gasteiger partial charge in [-0.2, -0.15) is 0 Å². The van der Waals surface area contributed by atoms with Gasteiger partial charge in [-0.25, -0.2) is 0 Å². The molecule has 0 atom stereocenters. The predicted molar refractivity (Wildman–Crippen MR) is 168 cm³/mol. The number of benzene rings is 3. The first-order valence-electron chi connectivity index (χ1n) is 14.3. The zero-order valence-electron chi connectivity index (χ0n) is 23.8. The van der Waals surface area contributed by atoms with Crippen LogP contribution in [0.15, 0.2) is 60.7 Å². The SMILES string of the molecule is COc1ccc2[nH]c3c4c(c(/C=C/C(=O)NCC5CCN(Cc6ccccc6Cl)CC5)cc3c2c1)OC(C)(C)C=C4. The number of hydrogen-bond donors (Lipinski definition) is 2. The highest BCUT2D eigenvalue weighted by Gasteiger charge is 2.26. The molecule has 1 aromatic heterocycles. The number of likely N-dealkylation sites (tertiary alicyclic amines) is 1. The van der Waals surface area contributed by atoms with E-state index in [-0.39, 0.29) is 5.91 Å². The molecule has 6 nitrogen and oxygen atoms in total. The monoisotopic (exact) mass is 569 g/mol. The molecule has 2 N–H and O–H groups in total. The van der Waals surface area contributed by atoms with E-state index in [0.717, 1.165) is 81.9 Å². The number of amides is 1. The van der Waals surface area contributed by atoms with E-state index in [1.807, 2.05) is 56.3 Å². The Morgan fingerprint density at radius 1 is 1.17 bits per heavy atom. The van der Waals surface area contributed by atoms with Crippen LogP contribution < -0.4 is 14.8 Å². The van der Waals surface area contributed by atoms with Gasteiger partial charge >= 0.3 is 0 Å². The molecule has 3 aromatic carbocycles. The molecule has 1 amide bonds. The molecule has 1 saturated heterocycles. The van der Waals surface area contributed by atoms with Crippen LogP contribution in [0.3, 0.4) is 0 Å². The fourth-order valence-electron chi connectivity index (χ4n) is 5.83. The largest absolute Gasteiger partial charge is 0.497 e. The van der Waals surface area contributed by atoms with Gasteiger partial charge in [-0.15, -0.1) is 0 Å². The summed E-state index contributed by atoms with van der Waals surface area (Å²) in [6.07, 6.45) is 9.78. The van der Waals surface area contributed by atoms with Crippen molar-refractivity contribution in [2.24, 2.45) is 5.92 Å². The lowest BCUT2D eigenvalue weighted by Crippen LogP contribution is -2.38. The Labute approximate surface area is 246 Å².